The number of hydrogen-bond acceptors (Lipinski definition) is 6. The standard InChI is InChI=1S/C16H14N4O2S/c21-16(15-19-12-3-1-2-4-13(12)23-15)20-8-5-11(10-20)22-14-9-17-6-7-18-14/h1-4,6-7,9,11H,5,8,10H2/t11-/m0/s1. The average molecular weight is 326 g/mol. The summed E-state index contributed by atoms with van der Waals surface area (Å²) in [5, 5.41) is 0.534. The van der Waals surface area contributed by atoms with E-state index in [4.69, 9.17) is 4.74 Å². The van der Waals surface area contributed by atoms with Crippen LogP contribution in [0, 0.1) is 0 Å². The van der Waals surface area contributed by atoms with E-state index in [1.807, 2.05) is 24.3 Å². The Morgan fingerprint density at radius 3 is 3.04 bits per heavy atom. The fourth-order valence-corrected chi connectivity index (χ4v) is 3.56. The predicted octanol–water partition coefficient (Wildman–Crippen LogP) is 2.38. The van der Waals surface area contributed by atoms with E-state index in [0.29, 0.717) is 24.0 Å². The molecule has 3 heterocycles. The number of benzene rings is 1. The van der Waals surface area contributed by atoms with Crippen molar-refractivity contribution in [3.63, 3.8) is 0 Å². The van der Waals surface area contributed by atoms with Crippen molar-refractivity contribution in [2.45, 2.75) is 12.5 Å². The van der Waals surface area contributed by atoms with E-state index in [9.17, 15) is 4.79 Å². The summed E-state index contributed by atoms with van der Waals surface area (Å²) in [6.07, 6.45) is 5.51. The van der Waals surface area contributed by atoms with Crippen LogP contribution in [-0.2, 0) is 0 Å². The summed E-state index contributed by atoms with van der Waals surface area (Å²) in [5.74, 6) is 0.461. The molecule has 0 N–H and O–H groups in total. The first-order chi connectivity index (χ1) is 11.3. The third-order valence-electron chi connectivity index (χ3n) is 3.74. The number of aromatic nitrogens is 3. The summed E-state index contributed by atoms with van der Waals surface area (Å²) in [5.41, 5.74) is 0.868. The molecular weight excluding hydrogens is 312 g/mol. The van der Waals surface area contributed by atoms with Gasteiger partial charge in [-0.15, -0.1) is 11.3 Å². The summed E-state index contributed by atoms with van der Waals surface area (Å²) >= 11 is 1.43. The molecule has 1 atom stereocenters. The summed E-state index contributed by atoms with van der Waals surface area (Å²) < 4.78 is 6.80. The number of ether oxygens (including phenoxy) is 1. The zero-order valence-electron chi connectivity index (χ0n) is 12.3. The number of para-hydroxylation sites is 1. The van der Waals surface area contributed by atoms with E-state index in [2.05, 4.69) is 15.0 Å². The van der Waals surface area contributed by atoms with E-state index in [-0.39, 0.29) is 12.0 Å². The minimum Gasteiger partial charge on any atom is -0.471 e. The van der Waals surface area contributed by atoms with Crippen molar-refractivity contribution >= 4 is 27.5 Å². The molecule has 1 aromatic carbocycles. The molecule has 4 rings (SSSR count). The van der Waals surface area contributed by atoms with E-state index in [1.165, 1.54) is 11.3 Å². The van der Waals surface area contributed by atoms with Crippen molar-refractivity contribution in [2.24, 2.45) is 0 Å². The second-order valence-electron chi connectivity index (χ2n) is 5.31. The van der Waals surface area contributed by atoms with Crippen molar-refractivity contribution in [3.05, 3.63) is 47.9 Å². The first-order valence-corrected chi connectivity index (χ1v) is 8.19. The molecule has 6 nitrogen and oxygen atoms in total. The Labute approximate surface area is 136 Å². The van der Waals surface area contributed by atoms with Crippen LogP contribution in [0.5, 0.6) is 5.88 Å². The number of thiazole rings is 1. The zero-order valence-corrected chi connectivity index (χ0v) is 13.1. The highest BCUT2D eigenvalue weighted by atomic mass is 32.1. The number of hydrogen-bond donors (Lipinski definition) is 0. The number of carbonyl (C=O) groups is 1. The quantitative estimate of drug-likeness (QED) is 0.739. The molecule has 3 aromatic rings. The molecule has 1 amide bonds. The minimum absolute atomic E-state index is 0.0311. The van der Waals surface area contributed by atoms with Crippen LogP contribution in [0.2, 0.25) is 0 Å². The third kappa shape index (κ3) is 2.87. The first-order valence-electron chi connectivity index (χ1n) is 7.37. The Morgan fingerprint density at radius 2 is 2.22 bits per heavy atom. The molecule has 0 bridgehead atoms. The molecule has 0 spiro atoms. The van der Waals surface area contributed by atoms with Crippen LogP contribution in [0.4, 0.5) is 0 Å². The lowest BCUT2D eigenvalue weighted by Gasteiger charge is -2.15. The van der Waals surface area contributed by atoms with Gasteiger partial charge in [0.15, 0.2) is 5.01 Å². The Kier molecular flexibility index (Phi) is 3.63. The van der Waals surface area contributed by atoms with Crippen LogP contribution < -0.4 is 4.74 Å². The number of carbonyl (C=O) groups excluding carboxylic acids is 1. The topological polar surface area (TPSA) is 68.2 Å². The van der Waals surface area contributed by atoms with Crippen molar-refractivity contribution in [3.8, 4) is 5.88 Å². The van der Waals surface area contributed by atoms with Gasteiger partial charge in [0.2, 0.25) is 5.88 Å². The number of amides is 1. The second-order valence-corrected chi connectivity index (χ2v) is 6.34. The number of nitrogens with zero attached hydrogens (tertiary/aromatic N) is 4. The van der Waals surface area contributed by atoms with Gasteiger partial charge in [-0.1, -0.05) is 12.1 Å². The molecule has 116 valence electrons. The van der Waals surface area contributed by atoms with Gasteiger partial charge in [-0.25, -0.2) is 9.97 Å². The summed E-state index contributed by atoms with van der Waals surface area (Å²) in [6.45, 7) is 1.21. The van der Waals surface area contributed by atoms with Gasteiger partial charge in [-0.2, -0.15) is 0 Å². The minimum atomic E-state index is -0.0509. The number of rotatable bonds is 3. The van der Waals surface area contributed by atoms with Crippen molar-refractivity contribution in [1.82, 2.24) is 19.9 Å². The maximum atomic E-state index is 12.6. The summed E-state index contributed by atoms with van der Waals surface area (Å²) in [4.78, 5) is 26.9. The zero-order chi connectivity index (χ0) is 15.6. The van der Waals surface area contributed by atoms with Crippen LogP contribution >= 0.6 is 11.3 Å². The third-order valence-corrected chi connectivity index (χ3v) is 4.76. The normalized spacial score (nSPS) is 17.6. The van der Waals surface area contributed by atoms with Gasteiger partial charge >= 0.3 is 0 Å². The molecule has 1 saturated heterocycles. The lowest BCUT2D eigenvalue weighted by atomic mass is 10.3. The maximum Gasteiger partial charge on any atom is 0.283 e. The van der Waals surface area contributed by atoms with Gasteiger partial charge in [0.1, 0.15) is 6.10 Å². The van der Waals surface area contributed by atoms with Crippen LogP contribution in [0.3, 0.4) is 0 Å². The van der Waals surface area contributed by atoms with Crippen LogP contribution in [0.1, 0.15) is 16.2 Å². The molecule has 7 heteroatoms. The van der Waals surface area contributed by atoms with E-state index in [0.717, 1.165) is 16.6 Å². The Balaban J connectivity index is 1.45. The largest absolute Gasteiger partial charge is 0.471 e. The lowest BCUT2D eigenvalue weighted by molar-refractivity contribution is 0.0771. The fraction of sp³-hybridized carbons (Fsp3) is 0.250. The van der Waals surface area contributed by atoms with E-state index >= 15 is 0 Å². The predicted molar refractivity (Wildman–Crippen MR) is 86.6 cm³/mol. The molecule has 0 unspecified atom stereocenters. The molecular formula is C16H14N4O2S. The Hall–Kier alpha value is -2.54. The summed E-state index contributed by atoms with van der Waals surface area (Å²) in [6, 6.07) is 7.78. The highest BCUT2D eigenvalue weighted by Gasteiger charge is 2.30. The van der Waals surface area contributed by atoms with Crippen LogP contribution in [0.25, 0.3) is 10.2 Å². The number of likely N-dealkylation sites (tertiary alicyclic amines) is 1. The van der Waals surface area contributed by atoms with Gasteiger partial charge in [0.05, 0.1) is 23.0 Å². The molecule has 0 radical (unpaired) electrons. The number of fused-ring (bicyclic) bond motifs is 1. The van der Waals surface area contributed by atoms with E-state index < -0.39 is 0 Å². The molecule has 1 fully saturated rings. The molecule has 0 aliphatic carbocycles. The average Bonchev–Trinajstić information content (AvgIpc) is 3.21. The highest BCUT2D eigenvalue weighted by Crippen LogP contribution is 2.24. The van der Waals surface area contributed by atoms with Crippen LogP contribution in [0.15, 0.2) is 42.9 Å². The van der Waals surface area contributed by atoms with Gasteiger partial charge in [-0.05, 0) is 12.1 Å². The monoisotopic (exact) mass is 326 g/mol. The van der Waals surface area contributed by atoms with Gasteiger partial charge < -0.3 is 9.64 Å². The SMILES string of the molecule is O=C(c1nc2ccccc2s1)N1CC[C@H](Oc2cnccn2)C1. The van der Waals surface area contributed by atoms with Gasteiger partial charge in [0.25, 0.3) is 5.91 Å². The van der Waals surface area contributed by atoms with E-state index in [1.54, 1.807) is 23.5 Å². The second kappa shape index (κ2) is 5.92. The lowest BCUT2D eigenvalue weighted by Crippen LogP contribution is -2.30. The molecule has 23 heavy (non-hydrogen) atoms. The molecule has 2 aromatic heterocycles. The highest BCUT2D eigenvalue weighted by molar-refractivity contribution is 7.20. The van der Waals surface area contributed by atoms with Crippen molar-refractivity contribution < 1.29 is 9.53 Å². The molecule has 1 aliphatic heterocycles. The summed E-state index contributed by atoms with van der Waals surface area (Å²) in [7, 11) is 0. The smallest absolute Gasteiger partial charge is 0.283 e. The van der Waals surface area contributed by atoms with Crippen LogP contribution in [-0.4, -0.2) is 45.0 Å². The van der Waals surface area contributed by atoms with Gasteiger partial charge in [0, 0.05) is 25.4 Å². The van der Waals surface area contributed by atoms with Crippen molar-refractivity contribution in [1.29, 1.82) is 0 Å². The maximum absolute atomic E-state index is 12.6. The Bertz CT molecular complexity index is 803. The molecule has 1 aliphatic rings. The Morgan fingerprint density at radius 1 is 1.30 bits per heavy atom. The molecule has 0 saturated carbocycles. The first kappa shape index (κ1) is 14.1. The van der Waals surface area contributed by atoms with Crippen molar-refractivity contribution in [2.75, 3.05) is 13.1 Å². The van der Waals surface area contributed by atoms with Gasteiger partial charge in [-0.3, -0.25) is 9.78 Å². The fourth-order valence-electron chi connectivity index (χ4n) is 2.62.